The first-order valence-electron chi connectivity index (χ1n) is 7.99. The quantitative estimate of drug-likeness (QED) is 0.800. The van der Waals surface area contributed by atoms with Crippen molar-refractivity contribution in [3.63, 3.8) is 0 Å². The first kappa shape index (κ1) is 17.5. The van der Waals surface area contributed by atoms with Crippen LogP contribution in [0, 0.1) is 11.3 Å². The number of nitriles is 1. The highest BCUT2D eigenvalue weighted by Gasteiger charge is 2.44. The Kier molecular flexibility index (Phi) is 4.83. The summed E-state index contributed by atoms with van der Waals surface area (Å²) in [6, 6.07) is 19.6. The lowest BCUT2D eigenvalue weighted by atomic mass is 10.2. The second kappa shape index (κ2) is 6.34. The first-order chi connectivity index (χ1) is 10.7. The maximum atomic E-state index is 9.50. The molecule has 0 aromatic heterocycles. The summed E-state index contributed by atoms with van der Waals surface area (Å²) in [4.78, 5) is 2.13. The normalized spacial score (nSPS) is 11.9. The van der Waals surface area contributed by atoms with Gasteiger partial charge in [-0.05, 0) is 23.4 Å². The zero-order valence-electron chi connectivity index (χ0n) is 15.0. The highest BCUT2D eigenvalue weighted by Crippen LogP contribution is 2.22. The maximum Gasteiger partial charge on any atom is 0.0990 e. The van der Waals surface area contributed by atoms with E-state index in [2.05, 4.69) is 87.7 Å². The van der Waals surface area contributed by atoms with Crippen molar-refractivity contribution in [3.05, 3.63) is 54.1 Å². The van der Waals surface area contributed by atoms with E-state index in [9.17, 15) is 5.26 Å². The Labute approximate surface area is 142 Å². The Balaban J connectivity index is 2.50. The summed E-state index contributed by atoms with van der Waals surface area (Å²) in [6.07, 6.45) is 0. The van der Waals surface area contributed by atoms with Gasteiger partial charge in [-0.1, -0.05) is 61.7 Å². The molecule has 0 aliphatic rings. The van der Waals surface area contributed by atoms with Crippen molar-refractivity contribution in [1.29, 1.82) is 5.26 Å². The van der Waals surface area contributed by atoms with Gasteiger partial charge in [0.15, 0.2) is 0 Å². The van der Waals surface area contributed by atoms with Crippen molar-refractivity contribution in [1.82, 2.24) is 0 Å². The van der Waals surface area contributed by atoms with Gasteiger partial charge in [-0.25, -0.2) is 0 Å². The van der Waals surface area contributed by atoms with Gasteiger partial charge in [0.05, 0.1) is 26.8 Å². The van der Waals surface area contributed by atoms with Crippen LogP contribution in [0.1, 0.15) is 5.56 Å². The summed E-state index contributed by atoms with van der Waals surface area (Å²) >= 11 is 0. The molecule has 0 saturated carbocycles. The highest BCUT2D eigenvalue weighted by atomic mass is 29.3. The zero-order valence-corrected chi connectivity index (χ0v) is 17.0. The molecule has 0 spiro atoms. The van der Waals surface area contributed by atoms with Crippen molar-refractivity contribution in [2.24, 2.45) is 0 Å². The van der Waals surface area contributed by atoms with Gasteiger partial charge in [0.1, 0.15) is 0 Å². The van der Waals surface area contributed by atoms with Crippen LogP contribution in [-0.2, 0) is 0 Å². The minimum atomic E-state index is -1.76. The molecule has 0 N–H and O–H groups in total. The molecule has 0 saturated heterocycles. The average Bonchev–Trinajstić information content (AvgIpc) is 2.54. The van der Waals surface area contributed by atoms with E-state index in [1.165, 1.54) is 16.1 Å². The number of hydrogen-bond acceptors (Lipinski definition) is 2. The number of anilines is 1. The second-order valence-corrected chi connectivity index (χ2v) is 22.5. The fourth-order valence-corrected chi connectivity index (χ4v) is 12.1. The van der Waals surface area contributed by atoms with Crippen LogP contribution in [0.2, 0.25) is 26.2 Å². The van der Waals surface area contributed by atoms with Crippen molar-refractivity contribution in [2.75, 3.05) is 19.0 Å². The molecular weight excluding hydrogens is 312 g/mol. The fourth-order valence-electron chi connectivity index (χ4n) is 3.00. The molecule has 2 rings (SSSR count). The standard InChI is InChI=1S/C19H26N2Si2/c1-21(2)17-11-13-18(14-12-17)22(3,4)23(5,6)19-10-8-7-9-16(19)15-20/h7-14H,1-6H3. The van der Waals surface area contributed by atoms with Crippen molar-refractivity contribution < 1.29 is 0 Å². The third kappa shape index (κ3) is 3.12. The van der Waals surface area contributed by atoms with Gasteiger partial charge in [0.25, 0.3) is 0 Å². The van der Waals surface area contributed by atoms with E-state index >= 15 is 0 Å². The molecule has 0 fully saturated rings. The van der Waals surface area contributed by atoms with E-state index < -0.39 is 15.2 Å². The van der Waals surface area contributed by atoms with Gasteiger partial charge in [-0.15, -0.1) is 0 Å². The fraction of sp³-hybridized carbons (Fsp3) is 0.316. The monoisotopic (exact) mass is 338 g/mol. The summed E-state index contributed by atoms with van der Waals surface area (Å²) in [5, 5.41) is 12.3. The van der Waals surface area contributed by atoms with E-state index in [1.807, 2.05) is 12.1 Å². The minimum absolute atomic E-state index is 0.856. The first-order valence-corrected chi connectivity index (χ1v) is 15.0. The van der Waals surface area contributed by atoms with E-state index in [4.69, 9.17) is 0 Å². The predicted octanol–water partition coefficient (Wildman–Crippen LogP) is 3.23. The average molecular weight is 339 g/mol. The Morgan fingerprint density at radius 2 is 1.39 bits per heavy atom. The zero-order chi connectivity index (χ0) is 17.3. The molecule has 0 bridgehead atoms. The van der Waals surface area contributed by atoms with Crippen LogP contribution in [0.15, 0.2) is 48.5 Å². The lowest BCUT2D eigenvalue weighted by Gasteiger charge is -2.39. The predicted molar refractivity (Wildman–Crippen MR) is 106 cm³/mol. The van der Waals surface area contributed by atoms with Crippen LogP contribution in [0.25, 0.3) is 0 Å². The number of nitrogens with zero attached hydrogens (tertiary/aromatic N) is 2. The van der Waals surface area contributed by atoms with Crippen LogP contribution in [0.5, 0.6) is 0 Å². The molecule has 0 amide bonds. The Bertz CT molecular complexity index is 726. The molecule has 0 aliphatic heterocycles. The Morgan fingerprint density at radius 1 is 0.826 bits per heavy atom. The summed E-state index contributed by atoms with van der Waals surface area (Å²) in [7, 11) is 0.699. The van der Waals surface area contributed by atoms with Crippen LogP contribution < -0.4 is 15.3 Å². The molecule has 0 unspecified atom stereocenters. The summed E-state index contributed by atoms with van der Waals surface area (Å²) in [5.74, 6) is 0. The highest BCUT2D eigenvalue weighted by molar-refractivity contribution is 7.50. The second-order valence-electron chi connectivity index (χ2n) is 7.35. The Hall–Kier alpha value is -1.84. The maximum absolute atomic E-state index is 9.50. The molecule has 2 aromatic rings. The van der Waals surface area contributed by atoms with Crippen LogP contribution in [-0.4, -0.2) is 29.3 Å². The molecule has 4 heteroatoms. The third-order valence-electron chi connectivity index (χ3n) is 5.39. The number of rotatable bonds is 4. The molecule has 2 aromatic carbocycles. The third-order valence-corrected chi connectivity index (χ3v) is 23.1. The van der Waals surface area contributed by atoms with Gasteiger partial charge in [-0.2, -0.15) is 5.26 Å². The topological polar surface area (TPSA) is 27.0 Å². The lowest BCUT2D eigenvalue weighted by molar-refractivity contribution is 1.13. The molecule has 0 radical (unpaired) electrons. The molecular formula is C19H26N2Si2. The van der Waals surface area contributed by atoms with Crippen molar-refractivity contribution in [3.8, 4) is 6.07 Å². The molecule has 0 atom stereocenters. The molecule has 0 aliphatic carbocycles. The minimum Gasteiger partial charge on any atom is -0.378 e. The molecule has 0 heterocycles. The van der Waals surface area contributed by atoms with Crippen LogP contribution >= 0.6 is 0 Å². The SMILES string of the molecule is CN(C)c1ccc([Si](C)(C)[Si](C)(C)c2ccccc2C#N)cc1. The van der Waals surface area contributed by atoms with Gasteiger partial charge in [-0.3, -0.25) is 0 Å². The van der Waals surface area contributed by atoms with Crippen LogP contribution in [0.3, 0.4) is 0 Å². The number of hydrogen-bond donors (Lipinski definition) is 0. The summed E-state index contributed by atoms with van der Waals surface area (Å²) < 4.78 is 0. The van der Waals surface area contributed by atoms with Gasteiger partial charge >= 0.3 is 0 Å². The van der Waals surface area contributed by atoms with E-state index in [-0.39, 0.29) is 0 Å². The molecule has 2 nitrogen and oxygen atoms in total. The van der Waals surface area contributed by atoms with Crippen LogP contribution in [0.4, 0.5) is 5.69 Å². The van der Waals surface area contributed by atoms with Crippen molar-refractivity contribution >= 4 is 31.2 Å². The molecule has 120 valence electrons. The summed E-state index contributed by atoms with van der Waals surface area (Å²) in [6.45, 7) is 9.76. The lowest BCUT2D eigenvalue weighted by Crippen LogP contribution is -2.69. The molecule has 23 heavy (non-hydrogen) atoms. The van der Waals surface area contributed by atoms with E-state index in [1.54, 1.807) is 0 Å². The number of benzene rings is 2. The Morgan fingerprint density at radius 3 is 1.91 bits per heavy atom. The van der Waals surface area contributed by atoms with Crippen molar-refractivity contribution in [2.45, 2.75) is 26.2 Å². The van der Waals surface area contributed by atoms with Gasteiger partial charge < -0.3 is 4.90 Å². The summed E-state index contributed by atoms with van der Waals surface area (Å²) in [5.41, 5.74) is 2.09. The smallest absolute Gasteiger partial charge is 0.0990 e. The van der Waals surface area contributed by atoms with Gasteiger partial charge in [0, 0.05) is 19.8 Å². The van der Waals surface area contributed by atoms with E-state index in [0.717, 1.165) is 5.56 Å². The van der Waals surface area contributed by atoms with E-state index in [0.29, 0.717) is 0 Å². The van der Waals surface area contributed by atoms with Gasteiger partial charge in [0.2, 0.25) is 0 Å². The largest absolute Gasteiger partial charge is 0.378 e.